The fourth-order valence-electron chi connectivity index (χ4n) is 3.90. The average molecular weight is 429 g/mol. The fourth-order valence-corrected chi connectivity index (χ4v) is 4.04. The van der Waals surface area contributed by atoms with Crippen LogP contribution in [0.4, 0.5) is 0 Å². The number of halogens is 1. The third-order valence-corrected chi connectivity index (χ3v) is 5.86. The minimum atomic E-state index is -0.346. The normalized spacial score (nSPS) is 21.3. The van der Waals surface area contributed by atoms with Crippen LogP contribution in [0.25, 0.3) is 0 Å². The Balaban J connectivity index is 1.91. The van der Waals surface area contributed by atoms with Crippen molar-refractivity contribution >= 4 is 23.4 Å². The Morgan fingerprint density at radius 3 is 2.67 bits per heavy atom. The summed E-state index contributed by atoms with van der Waals surface area (Å²) in [6, 6.07) is 5.80. The highest BCUT2D eigenvalue weighted by molar-refractivity contribution is 6.27. The number of nitrogens with one attached hydrogen (secondary N) is 1. The lowest BCUT2D eigenvalue weighted by Gasteiger charge is -2.42. The molecule has 6 heteroatoms. The van der Waals surface area contributed by atoms with Crippen molar-refractivity contribution < 1.29 is 14.3 Å². The lowest BCUT2D eigenvalue weighted by molar-refractivity contribution is -0.133. The highest BCUT2D eigenvalue weighted by atomic mass is 35.5. The summed E-state index contributed by atoms with van der Waals surface area (Å²) in [5, 5.41) is 3.00. The number of carbonyl (C=O) groups excluding carboxylic acids is 2. The van der Waals surface area contributed by atoms with Gasteiger partial charge in [-0.05, 0) is 68.0 Å². The van der Waals surface area contributed by atoms with Crippen molar-refractivity contribution in [2.75, 3.05) is 13.0 Å². The highest BCUT2D eigenvalue weighted by Crippen LogP contribution is 2.39. The zero-order valence-corrected chi connectivity index (χ0v) is 18.5. The van der Waals surface area contributed by atoms with Gasteiger partial charge in [0.25, 0.3) is 5.91 Å². The number of allylic oxidation sites excluding steroid dienone is 1. The number of alkyl halides is 1. The van der Waals surface area contributed by atoms with E-state index >= 15 is 0 Å². The first-order valence-corrected chi connectivity index (χ1v) is 10.8. The van der Waals surface area contributed by atoms with E-state index < -0.39 is 0 Å². The lowest BCUT2D eigenvalue weighted by Crippen LogP contribution is -2.47. The van der Waals surface area contributed by atoms with Crippen LogP contribution in [0.3, 0.4) is 0 Å². The number of amides is 2. The van der Waals surface area contributed by atoms with Gasteiger partial charge in [-0.1, -0.05) is 24.8 Å². The number of hydrogen-bond donors (Lipinski definition) is 1. The predicted octanol–water partition coefficient (Wildman–Crippen LogP) is 4.09. The molecule has 0 saturated heterocycles. The smallest absolute Gasteiger partial charge is 0.251 e. The third-order valence-electron chi connectivity index (χ3n) is 5.63. The standard InChI is InChI=1S/C24H29ClN2O3/c1-5-17(24(29)26-19-8-9-19)7-6-15(2)23-21-11-10-20(30-4)13-18(21)12-16(3)27(23)22(28)14-25/h5-7,10-11,13,16,19,23H,2,8-9,12,14H2,1,3-4H3,(H,26,29)/b7-6-,17-5+/t16-,23-/m0/s1. The lowest BCUT2D eigenvalue weighted by atomic mass is 9.85. The van der Waals surface area contributed by atoms with Gasteiger partial charge in [-0.3, -0.25) is 9.59 Å². The van der Waals surface area contributed by atoms with Gasteiger partial charge < -0.3 is 15.0 Å². The summed E-state index contributed by atoms with van der Waals surface area (Å²) >= 11 is 5.92. The maximum absolute atomic E-state index is 12.7. The number of ether oxygens (including phenoxy) is 1. The fraction of sp³-hybridized carbons (Fsp3) is 0.417. The number of carbonyl (C=O) groups is 2. The van der Waals surface area contributed by atoms with E-state index in [4.69, 9.17) is 16.3 Å². The van der Waals surface area contributed by atoms with E-state index in [0.717, 1.165) is 35.3 Å². The first kappa shape index (κ1) is 22.2. The Morgan fingerprint density at radius 2 is 2.07 bits per heavy atom. The molecule has 30 heavy (non-hydrogen) atoms. The van der Waals surface area contributed by atoms with Crippen LogP contribution >= 0.6 is 11.6 Å². The van der Waals surface area contributed by atoms with Gasteiger partial charge in [0.05, 0.1) is 13.2 Å². The van der Waals surface area contributed by atoms with E-state index in [1.165, 1.54) is 0 Å². The summed E-state index contributed by atoms with van der Waals surface area (Å²) in [4.78, 5) is 26.9. The molecule has 0 radical (unpaired) electrons. The Bertz CT molecular complexity index is 902. The Kier molecular flexibility index (Phi) is 7.03. The zero-order chi connectivity index (χ0) is 21.8. The Morgan fingerprint density at radius 1 is 1.33 bits per heavy atom. The second-order valence-corrected chi connectivity index (χ2v) is 8.12. The molecule has 1 aliphatic heterocycles. The maximum Gasteiger partial charge on any atom is 0.251 e. The SMILES string of the molecule is C=C(/C=C\C(=C/C)C(=O)NC1CC1)[C@H]1c2ccc(OC)cc2C[C@H](C)N1C(=O)CCl. The Hall–Kier alpha value is -2.53. The van der Waals surface area contributed by atoms with Gasteiger partial charge in [-0.25, -0.2) is 0 Å². The molecule has 0 unspecified atom stereocenters. The Labute approximate surface area is 183 Å². The molecule has 160 valence electrons. The number of fused-ring (bicyclic) bond motifs is 1. The predicted molar refractivity (Wildman–Crippen MR) is 120 cm³/mol. The molecule has 0 bridgehead atoms. The zero-order valence-electron chi connectivity index (χ0n) is 17.8. The van der Waals surface area contributed by atoms with Gasteiger partial charge in [-0.15, -0.1) is 11.6 Å². The van der Waals surface area contributed by atoms with E-state index in [2.05, 4.69) is 11.9 Å². The topological polar surface area (TPSA) is 58.6 Å². The van der Waals surface area contributed by atoms with E-state index in [0.29, 0.717) is 18.0 Å². The number of nitrogens with zero attached hydrogens (tertiary/aromatic N) is 1. The molecule has 1 aromatic carbocycles. The summed E-state index contributed by atoms with van der Waals surface area (Å²) in [5.74, 6) is 0.474. The molecule has 1 fully saturated rings. The summed E-state index contributed by atoms with van der Waals surface area (Å²) in [5.41, 5.74) is 3.44. The van der Waals surface area contributed by atoms with Crippen LogP contribution < -0.4 is 10.1 Å². The first-order chi connectivity index (χ1) is 14.4. The molecule has 0 spiro atoms. The summed E-state index contributed by atoms with van der Waals surface area (Å²) in [6.07, 6.45) is 8.17. The number of hydrogen-bond acceptors (Lipinski definition) is 3. The molecule has 1 N–H and O–H groups in total. The molecule has 1 saturated carbocycles. The van der Waals surface area contributed by atoms with Crippen molar-refractivity contribution in [1.82, 2.24) is 10.2 Å². The summed E-state index contributed by atoms with van der Waals surface area (Å²) in [7, 11) is 1.64. The van der Waals surface area contributed by atoms with E-state index in [1.54, 1.807) is 24.2 Å². The van der Waals surface area contributed by atoms with Crippen LogP contribution in [0, 0.1) is 0 Å². The largest absolute Gasteiger partial charge is 0.497 e. The molecule has 5 nitrogen and oxygen atoms in total. The molecule has 3 rings (SSSR count). The van der Waals surface area contributed by atoms with E-state index in [9.17, 15) is 9.59 Å². The van der Waals surface area contributed by atoms with Crippen LogP contribution in [0.5, 0.6) is 5.75 Å². The van der Waals surface area contributed by atoms with Crippen LogP contribution in [0.15, 0.2) is 54.2 Å². The van der Waals surface area contributed by atoms with Gasteiger partial charge in [-0.2, -0.15) is 0 Å². The quantitative estimate of drug-likeness (QED) is 0.404. The molecule has 2 aliphatic rings. The van der Waals surface area contributed by atoms with Crippen LogP contribution in [-0.4, -0.2) is 41.8 Å². The van der Waals surface area contributed by atoms with Gasteiger partial charge >= 0.3 is 0 Å². The van der Waals surface area contributed by atoms with E-state index in [1.807, 2.05) is 38.1 Å². The van der Waals surface area contributed by atoms with Crippen LogP contribution in [-0.2, 0) is 16.0 Å². The molecule has 2 atom stereocenters. The van der Waals surface area contributed by atoms with Gasteiger partial charge in [0.2, 0.25) is 5.91 Å². The van der Waals surface area contributed by atoms with Crippen LogP contribution in [0.1, 0.15) is 43.9 Å². The van der Waals surface area contributed by atoms with Crippen molar-refractivity contribution in [2.24, 2.45) is 0 Å². The van der Waals surface area contributed by atoms with Gasteiger partial charge in [0.15, 0.2) is 0 Å². The molecule has 1 aromatic rings. The molecule has 1 heterocycles. The van der Waals surface area contributed by atoms with Crippen molar-refractivity contribution in [1.29, 1.82) is 0 Å². The maximum atomic E-state index is 12.7. The minimum Gasteiger partial charge on any atom is -0.497 e. The van der Waals surface area contributed by atoms with Crippen molar-refractivity contribution in [3.8, 4) is 5.75 Å². The second-order valence-electron chi connectivity index (χ2n) is 7.86. The number of benzene rings is 1. The van der Waals surface area contributed by atoms with Gasteiger partial charge in [0, 0.05) is 17.7 Å². The first-order valence-electron chi connectivity index (χ1n) is 10.3. The summed E-state index contributed by atoms with van der Waals surface area (Å²) in [6.45, 7) is 8.09. The van der Waals surface area contributed by atoms with Gasteiger partial charge in [0.1, 0.15) is 11.6 Å². The van der Waals surface area contributed by atoms with E-state index in [-0.39, 0.29) is 29.8 Å². The minimum absolute atomic E-state index is 0.0367. The van der Waals surface area contributed by atoms with Crippen molar-refractivity contribution in [2.45, 2.75) is 51.2 Å². The van der Waals surface area contributed by atoms with Crippen molar-refractivity contribution in [3.05, 3.63) is 65.3 Å². The summed E-state index contributed by atoms with van der Waals surface area (Å²) < 4.78 is 5.37. The average Bonchev–Trinajstić information content (AvgIpc) is 3.55. The molecular formula is C24H29ClN2O3. The van der Waals surface area contributed by atoms with Crippen LogP contribution in [0.2, 0.25) is 0 Å². The number of methoxy groups -OCH3 is 1. The molecule has 0 aromatic heterocycles. The number of rotatable bonds is 7. The second kappa shape index (κ2) is 9.52. The highest BCUT2D eigenvalue weighted by Gasteiger charge is 2.36. The molecular weight excluding hydrogens is 400 g/mol. The van der Waals surface area contributed by atoms with Crippen molar-refractivity contribution in [3.63, 3.8) is 0 Å². The third kappa shape index (κ3) is 4.78. The molecule has 1 aliphatic carbocycles. The monoisotopic (exact) mass is 428 g/mol. The molecule has 2 amide bonds.